The summed E-state index contributed by atoms with van der Waals surface area (Å²) in [6, 6.07) is 23.0. The van der Waals surface area contributed by atoms with E-state index in [1.807, 2.05) is 42.5 Å². The molecule has 0 aliphatic carbocycles. The minimum absolute atomic E-state index is 0.106. The molecule has 1 N–H and O–H groups in total. The molecule has 0 aliphatic heterocycles. The van der Waals surface area contributed by atoms with E-state index in [0.29, 0.717) is 11.3 Å². The van der Waals surface area contributed by atoms with Crippen molar-refractivity contribution in [3.63, 3.8) is 0 Å². The van der Waals surface area contributed by atoms with Gasteiger partial charge in [0.2, 0.25) is 10.0 Å². The first-order valence-electron chi connectivity index (χ1n) is 9.47. The third kappa shape index (κ3) is 5.70. The number of anilines is 1. The van der Waals surface area contributed by atoms with Gasteiger partial charge in [-0.25, -0.2) is 13.8 Å². The van der Waals surface area contributed by atoms with Crippen molar-refractivity contribution >= 4 is 27.8 Å². The molecule has 160 valence electrons. The Hall–Kier alpha value is -3.65. The average molecular weight is 438 g/mol. The van der Waals surface area contributed by atoms with Crippen LogP contribution in [0.3, 0.4) is 0 Å². The number of rotatable bonds is 8. The van der Waals surface area contributed by atoms with Crippen LogP contribution < -0.4 is 14.5 Å². The minimum atomic E-state index is -3.65. The fourth-order valence-electron chi connectivity index (χ4n) is 3.01. The van der Waals surface area contributed by atoms with Crippen LogP contribution in [0.4, 0.5) is 5.69 Å². The molecular weight excluding hydrogens is 414 g/mol. The number of benzene rings is 3. The molecule has 0 aliphatic rings. The fraction of sp³-hybridized carbons (Fsp3) is 0.130. The van der Waals surface area contributed by atoms with E-state index >= 15 is 0 Å². The number of amides is 1. The van der Waals surface area contributed by atoms with E-state index in [-0.39, 0.29) is 17.8 Å². The van der Waals surface area contributed by atoms with E-state index in [0.717, 1.165) is 11.8 Å². The van der Waals surface area contributed by atoms with Crippen molar-refractivity contribution in [1.82, 2.24) is 5.43 Å². The van der Waals surface area contributed by atoms with Crippen LogP contribution in [0.25, 0.3) is 0 Å². The molecule has 7 nitrogen and oxygen atoms in total. The number of sulfonamides is 1. The van der Waals surface area contributed by atoms with Crippen LogP contribution in [0.15, 0.2) is 84.0 Å². The molecule has 0 saturated heterocycles. The number of methoxy groups -OCH3 is 1. The van der Waals surface area contributed by atoms with Gasteiger partial charge in [-0.15, -0.1) is 0 Å². The molecule has 0 radical (unpaired) electrons. The topological polar surface area (TPSA) is 88.1 Å². The average Bonchev–Trinajstić information content (AvgIpc) is 2.77. The Bertz CT molecular complexity index is 1180. The number of nitrogens with zero attached hydrogens (tertiary/aromatic N) is 2. The lowest BCUT2D eigenvalue weighted by Crippen LogP contribution is -2.32. The monoisotopic (exact) mass is 437 g/mol. The van der Waals surface area contributed by atoms with E-state index in [4.69, 9.17) is 4.74 Å². The van der Waals surface area contributed by atoms with Crippen molar-refractivity contribution in [2.75, 3.05) is 17.7 Å². The number of carbonyl (C=O) groups is 1. The molecule has 31 heavy (non-hydrogen) atoms. The summed E-state index contributed by atoms with van der Waals surface area (Å²) in [5.41, 5.74) is 4.43. The van der Waals surface area contributed by atoms with Crippen molar-refractivity contribution in [3.05, 3.63) is 95.6 Å². The molecule has 0 atom stereocenters. The zero-order valence-corrected chi connectivity index (χ0v) is 18.0. The summed E-state index contributed by atoms with van der Waals surface area (Å²) in [6.07, 6.45) is 2.59. The number of carbonyl (C=O) groups excluding carboxylic acids is 1. The minimum Gasteiger partial charge on any atom is -0.496 e. The summed E-state index contributed by atoms with van der Waals surface area (Å²) in [5.74, 6) is 0.0930. The normalized spacial score (nSPS) is 11.3. The van der Waals surface area contributed by atoms with Crippen molar-refractivity contribution in [2.24, 2.45) is 5.10 Å². The van der Waals surface area contributed by atoms with E-state index in [1.54, 1.807) is 43.5 Å². The van der Waals surface area contributed by atoms with Crippen LogP contribution >= 0.6 is 0 Å². The largest absolute Gasteiger partial charge is 0.496 e. The molecule has 3 rings (SSSR count). The molecule has 0 spiro atoms. The van der Waals surface area contributed by atoms with Gasteiger partial charge >= 0.3 is 0 Å². The van der Waals surface area contributed by atoms with Crippen LogP contribution in [0.5, 0.6) is 5.75 Å². The van der Waals surface area contributed by atoms with Gasteiger partial charge in [0.15, 0.2) is 0 Å². The fourth-order valence-corrected chi connectivity index (χ4v) is 3.91. The Kier molecular flexibility index (Phi) is 7.04. The van der Waals surface area contributed by atoms with Gasteiger partial charge < -0.3 is 4.74 Å². The van der Waals surface area contributed by atoms with Crippen molar-refractivity contribution in [1.29, 1.82) is 0 Å². The van der Waals surface area contributed by atoms with Gasteiger partial charge in [0.25, 0.3) is 5.91 Å². The number of nitrogens with one attached hydrogen (secondary N) is 1. The van der Waals surface area contributed by atoms with Gasteiger partial charge in [0.05, 0.1) is 37.4 Å². The maximum atomic E-state index is 12.8. The number of para-hydroxylation sites is 2. The van der Waals surface area contributed by atoms with E-state index in [2.05, 4.69) is 10.5 Å². The van der Waals surface area contributed by atoms with Gasteiger partial charge in [0.1, 0.15) is 5.75 Å². The highest BCUT2D eigenvalue weighted by Crippen LogP contribution is 2.25. The summed E-state index contributed by atoms with van der Waals surface area (Å²) in [6.45, 7) is 0.106. The summed E-state index contributed by atoms with van der Waals surface area (Å²) in [7, 11) is -2.10. The Morgan fingerprint density at radius 3 is 2.35 bits per heavy atom. The quantitative estimate of drug-likeness (QED) is 0.432. The first kappa shape index (κ1) is 22.0. The third-order valence-corrected chi connectivity index (χ3v) is 5.62. The molecule has 0 unspecified atom stereocenters. The van der Waals surface area contributed by atoms with Crippen LogP contribution in [0, 0.1) is 0 Å². The predicted octanol–water partition coefficient (Wildman–Crippen LogP) is 3.43. The third-order valence-electron chi connectivity index (χ3n) is 4.50. The molecule has 0 bridgehead atoms. The van der Waals surface area contributed by atoms with Crippen LogP contribution in [-0.2, 0) is 16.6 Å². The Morgan fingerprint density at radius 1 is 1.00 bits per heavy atom. The molecule has 8 heteroatoms. The maximum Gasteiger partial charge on any atom is 0.273 e. The van der Waals surface area contributed by atoms with Gasteiger partial charge in [-0.05, 0) is 29.8 Å². The Morgan fingerprint density at radius 2 is 1.65 bits per heavy atom. The molecular formula is C23H23N3O4S. The highest BCUT2D eigenvalue weighted by atomic mass is 32.2. The lowest BCUT2D eigenvalue weighted by molar-refractivity contribution is 0.0955. The van der Waals surface area contributed by atoms with Crippen LogP contribution in [0.1, 0.15) is 21.5 Å². The molecule has 3 aromatic carbocycles. The van der Waals surface area contributed by atoms with E-state index < -0.39 is 15.9 Å². The second kappa shape index (κ2) is 9.90. The summed E-state index contributed by atoms with van der Waals surface area (Å²) < 4.78 is 31.5. The van der Waals surface area contributed by atoms with Crippen LogP contribution in [0.2, 0.25) is 0 Å². The van der Waals surface area contributed by atoms with Gasteiger partial charge in [0, 0.05) is 5.56 Å². The van der Waals surface area contributed by atoms with Gasteiger partial charge in [-0.2, -0.15) is 5.10 Å². The number of ether oxygens (including phenoxy) is 1. The zero-order valence-electron chi connectivity index (χ0n) is 17.2. The van der Waals surface area contributed by atoms with Crippen molar-refractivity contribution in [3.8, 4) is 5.75 Å². The summed E-state index contributed by atoms with van der Waals surface area (Å²) >= 11 is 0. The van der Waals surface area contributed by atoms with Gasteiger partial charge in [-0.1, -0.05) is 54.6 Å². The second-order valence-corrected chi connectivity index (χ2v) is 8.62. The Labute approximate surface area is 182 Å². The SMILES string of the molecule is COc1ccccc1/C=N/NC(=O)c1ccccc1N(Cc1ccccc1)S(C)(=O)=O. The zero-order chi connectivity index (χ0) is 22.3. The predicted molar refractivity (Wildman–Crippen MR) is 122 cm³/mol. The summed E-state index contributed by atoms with van der Waals surface area (Å²) in [4.78, 5) is 12.8. The van der Waals surface area contributed by atoms with Gasteiger partial charge in [-0.3, -0.25) is 9.10 Å². The van der Waals surface area contributed by atoms with Crippen LogP contribution in [-0.4, -0.2) is 33.9 Å². The van der Waals surface area contributed by atoms with E-state index in [9.17, 15) is 13.2 Å². The maximum absolute atomic E-state index is 12.8. The highest BCUT2D eigenvalue weighted by molar-refractivity contribution is 7.92. The van der Waals surface area contributed by atoms with Crippen molar-refractivity contribution < 1.29 is 17.9 Å². The number of hydrazone groups is 1. The molecule has 0 heterocycles. The summed E-state index contributed by atoms with van der Waals surface area (Å²) in [5, 5.41) is 4.00. The highest BCUT2D eigenvalue weighted by Gasteiger charge is 2.23. The number of hydrogen-bond donors (Lipinski definition) is 1. The standard InChI is InChI=1S/C23H23N3O4S/c1-30-22-15-9-6-12-19(22)16-24-25-23(27)20-13-7-8-14-21(20)26(31(2,28)29)17-18-10-4-3-5-11-18/h3-16H,17H2,1-2H3,(H,25,27)/b24-16+. The molecule has 0 fully saturated rings. The second-order valence-electron chi connectivity index (χ2n) is 6.71. The number of hydrogen-bond acceptors (Lipinski definition) is 5. The smallest absolute Gasteiger partial charge is 0.273 e. The van der Waals surface area contributed by atoms with E-state index in [1.165, 1.54) is 10.5 Å². The molecule has 0 aromatic heterocycles. The molecule has 1 amide bonds. The Balaban J connectivity index is 1.87. The van der Waals surface area contributed by atoms with Crippen molar-refractivity contribution in [2.45, 2.75) is 6.54 Å². The lowest BCUT2D eigenvalue weighted by Gasteiger charge is -2.24. The molecule has 0 saturated carbocycles. The first-order valence-corrected chi connectivity index (χ1v) is 11.3. The molecule has 3 aromatic rings. The lowest BCUT2D eigenvalue weighted by atomic mass is 10.1. The first-order chi connectivity index (χ1) is 14.9.